The van der Waals surface area contributed by atoms with E-state index in [1.807, 2.05) is 0 Å². The van der Waals surface area contributed by atoms with Crippen molar-refractivity contribution in [1.29, 1.82) is 0 Å². The van der Waals surface area contributed by atoms with Crippen molar-refractivity contribution >= 4 is 11.3 Å². The summed E-state index contributed by atoms with van der Waals surface area (Å²) in [6, 6.07) is 11.7. The molecule has 0 fully saturated rings. The number of benzene rings is 2. The van der Waals surface area contributed by atoms with Crippen LogP contribution in [-0.2, 0) is 25.7 Å². The second kappa shape index (κ2) is 7.98. The number of rotatable bonds is 4. The van der Waals surface area contributed by atoms with Gasteiger partial charge >= 0.3 is 0 Å². The average Bonchev–Trinajstić information content (AvgIpc) is 3.00. The van der Waals surface area contributed by atoms with Crippen LogP contribution >= 0.6 is 11.3 Å². The van der Waals surface area contributed by atoms with E-state index in [2.05, 4.69) is 56.5 Å². The van der Waals surface area contributed by atoms with Crippen LogP contribution in [0.1, 0.15) is 65.3 Å². The van der Waals surface area contributed by atoms with Crippen LogP contribution in [0.5, 0.6) is 0 Å². The van der Waals surface area contributed by atoms with E-state index in [1.54, 1.807) is 22.5 Å². The van der Waals surface area contributed by atoms with Crippen molar-refractivity contribution in [1.82, 2.24) is 4.98 Å². The van der Waals surface area contributed by atoms with Crippen LogP contribution in [0.2, 0.25) is 0 Å². The fourth-order valence-electron chi connectivity index (χ4n) is 4.28. The zero-order chi connectivity index (χ0) is 18.8. The predicted octanol–water partition coefficient (Wildman–Crippen LogP) is 6.85. The first-order chi connectivity index (χ1) is 13.1. The molecule has 1 aromatic heterocycles. The minimum atomic E-state index is 0.931. The molecule has 0 N–H and O–H groups in total. The van der Waals surface area contributed by atoms with Gasteiger partial charge in [0.15, 0.2) is 0 Å². The fraction of sp³-hybridized carbons (Fsp3) is 0.400. The van der Waals surface area contributed by atoms with Crippen LogP contribution in [0.25, 0.3) is 10.6 Å². The van der Waals surface area contributed by atoms with Crippen molar-refractivity contribution in [2.24, 2.45) is 0 Å². The normalized spacial score (nSPS) is 14.0. The van der Waals surface area contributed by atoms with E-state index in [-0.39, 0.29) is 0 Å². The summed E-state index contributed by atoms with van der Waals surface area (Å²) in [6.07, 6.45) is 8.52. The first-order valence-electron chi connectivity index (χ1n) is 10.3. The van der Waals surface area contributed by atoms with Gasteiger partial charge in [-0.15, -0.1) is 11.3 Å². The smallest absolute Gasteiger partial charge is 0.123 e. The third-order valence-corrected chi connectivity index (χ3v) is 6.88. The molecule has 0 saturated carbocycles. The van der Waals surface area contributed by atoms with Gasteiger partial charge in [-0.2, -0.15) is 0 Å². The molecule has 140 valence electrons. The van der Waals surface area contributed by atoms with Crippen LogP contribution < -0.4 is 0 Å². The highest BCUT2D eigenvalue weighted by Crippen LogP contribution is 2.30. The summed E-state index contributed by atoms with van der Waals surface area (Å²) in [5, 5.41) is 3.41. The molecule has 4 rings (SSSR count). The molecule has 1 nitrogen and oxygen atoms in total. The van der Waals surface area contributed by atoms with Gasteiger partial charge in [0.05, 0.1) is 5.69 Å². The van der Waals surface area contributed by atoms with E-state index in [0.29, 0.717) is 0 Å². The van der Waals surface area contributed by atoms with Gasteiger partial charge in [0.2, 0.25) is 0 Å². The number of thiazole rings is 1. The van der Waals surface area contributed by atoms with Crippen molar-refractivity contribution in [3.8, 4) is 10.6 Å². The first kappa shape index (κ1) is 18.4. The van der Waals surface area contributed by atoms with Gasteiger partial charge in [-0.25, -0.2) is 4.98 Å². The van der Waals surface area contributed by atoms with Gasteiger partial charge < -0.3 is 0 Å². The molecule has 1 heterocycles. The Morgan fingerprint density at radius 2 is 1.67 bits per heavy atom. The van der Waals surface area contributed by atoms with E-state index in [0.717, 1.165) is 17.8 Å². The van der Waals surface area contributed by atoms with Gasteiger partial charge in [-0.3, -0.25) is 0 Å². The topological polar surface area (TPSA) is 12.9 Å². The van der Waals surface area contributed by atoms with Gasteiger partial charge in [-0.1, -0.05) is 37.6 Å². The molecule has 1 aliphatic carbocycles. The van der Waals surface area contributed by atoms with Crippen LogP contribution in [0.15, 0.2) is 35.7 Å². The highest BCUT2D eigenvalue weighted by molar-refractivity contribution is 7.13. The Balaban J connectivity index is 1.58. The molecular weight excluding hydrogens is 346 g/mol. The lowest BCUT2D eigenvalue weighted by Gasteiger charge is -2.10. The van der Waals surface area contributed by atoms with E-state index < -0.39 is 0 Å². The molecule has 3 aromatic rings. The van der Waals surface area contributed by atoms with E-state index in [1.165, 1.54) is 65.6 Å². The Morgan fingerprint density at radius 3 is 2.48 bits per heavy atom. The highest BCUT2D eigenvalue weighted by atomic mass is 32.1. The molecule has 2 aromatic carbocycles. The monoisotopic (exact) mass is 375 g/mol. The van der Waals surface area contributed by atoms with Crippen molar-refractivity contribution in [2.75, 3.05) is 0 Å². The van der Waals surface area contributed by atoms with E-state index in [9.17, 15) is 0 Å². The summed E-state index contributed by atoms with van der Waals surface area (Å²) in [4.78, 5) is 4.99. The Hall–Kier alpha value is -1.93. The maximum atomic E-state index is 4.99. The van der Waals surface area contributed by atoms with Gasteiger partial charge in [-0.05, 0) is 85.4 Å². The third-order valence-electron chi connectivity index (χ3n) is 5.94. The van der Waals surface area contributed by atoms with Crippen molar-refractivity contribution in [3.63, 3.8) is 0 Å². The molecule has 1 aliphatic rings. The van der Waals surface area contributed by atoms with E-state index >= 15 is 0 Å². The lowest BCUT2D eigenvalue weighted by Crippen LogP contribution is -1.97. The first-order valence-corrected chi connectivity index (χ1v) is 11.2. The number of hydrogen-bond donors (Lipinski definition) is 0. The summed E-state index contributed by atoms with van der Waals surface area (Å²) in [6.45, 7) is 6.68. The average molecular weight is 376 g/mol. The van der Waals surface area contributed by atoms with E-state index in [4.69, 9.17) is 4.98 Å². The standard InChI is InChI=1S/C25H29NS/c1-4-19-13-23(18(3)12-17(19)2)15-24-16-27-25(26-24)22-11-10-20-8-6-5-7-9-21(20)14-22/h10-14,16H,4-9,15H2,1-3H3. The van der Waals surface area contributed by atoms with Crippen molar-refractivity contribution < 1.29 is 0 Å². The lowest BCUT2D eigenvalue weighted by atomic mass is 9.96. The Labute approximate surface area is 167 Å². The summed E-state index contributed by atoms with van der Waals surface area (Å²) >= 11 is 1.79. The molecule has 0 bridgehead atoms. The molecule has 0 spiro atoms. The minimum Gasteiger partial charge on any atom is -0.241 e. The second-order valence-electron chi connectivity index (χ2n) is 7.92. The van der Waals surface area contributed by atoms with Crippen LogP contribution in [-0.4, -0.2) is 4.98 Å². The molecule has 0 unspecified atom stereocenters. The van der Waals surface area contributed by atoms with Gasteiger partial charge in [0, 0.05) is 17.4 Å². The Kier molecular flexibility index (Phi) is 5.45. The number of hydrogen-bond acceptors (Lipinski definition) is 2. The van der Waals surface area contributed by atoms with Crippen LogP contribution in [0, 0.1) is 13.8 Å². The number of aromatic nitrogens is 1. The summed E-state index contributed by atoms with van der Waals surface area (Å²) < 4.78 is 0. The summed E-state index contributed by atoms with van der Waals surface area (Å²) in [5.41, 5.74) is 11.2. The number of fused-ring (bicyclic) bond motifs is 1. The molecule has 0 atom stereocenters. The number of aryl methyl sites for hydroxylation is 5. The SMILES string of the molecule is CCc1cc(Cc2csc(-c3ccc4c(c3)CCCCC4)n2)c(C)cc1C. The molecule has 0 amide bonds. The maximum absolute atomic E-state index is 4.99. The van der Waals surface area contributed by atoms with Crippen LogP contribution in [0.4, 0.5) is 0 Å². The maximum Gasteiger partial charge on any atom is 0.123 e. The second-order valence-corrected chi connectivity index (χ2v) is 8.78. The molecule has 0 aliphatic heterocycles. The van der Waals surface area contributed by atoms with Crippen molar-refractivity contribution in [3.05, 3.63) is 74.8 Å². The largest absolute Gasteiger partial charge is 0.241 e. The molecule has 2 heteroatoms. The van der Waals surface area contributed by atoms with Gasteiger partial charge in [0.1, 0.15) is 5.01 Å². The Bertz CT molecular complexity index is 951. The lowest BCUT2D eigenvalue weighted by molar-refractivity contribution is 0.711. The summed E-state index contributed by atoms with van der Waals surface area (Å²) in [5.74, 6) is 0. The third kappa shape index (κ3) is 4.01. The number of nitrogens with zero attached hydrogens (tertiary/aromatic N) is 1. The predicted molar refractivity (Wildman–Crippen MR) is 117 cm³/mol. The molecule has 0 saturated heterocycles. The Morgan fingerprint density at radius 1 is 0.889 bits per heavy atom. The quantitative estimate of drug-likeness (QED) is 0.454. The zero-order valence-corrected chi connectivity index (χ0v) is 17.6. The summed E-state index contributed by atoms with van der Waals surface area (Å²) in [7, 11) is 0. The molecule has 0 radical (unpaired) electrons. The zero-order valence-electron chi connectivity index (χ0n) is 16.8. The fourth-order valence-corrected chi connectivity index (χ4v) is 5.10. The van der Waals surface area contributed by atoms with Crippen molar-refractivity contribution in [2.45, 2.75) is 65.7 Å². The molecular formula is C25H29NS. The molecule has 27 heavy (non-hydrogen) atoms. The minimum absolute atomic E-state index is 0.931. The van der Waals surface area contributed by atoms with Crippen LogP contribution in [0.3, 0.4) is 0 Å². The highest BCUT2D eigenvalue weighted by Gasteiger charge is 2.12. The van der Waals surface area contributed by atoms with Gasteiger partial charge in [0.25, 0.3) is 0 Å².